The number of nitrogens with one attached hydrogen (secondary N) is 1. The van der Waals surface area contributed by atoms with Crippen LogP contribution in [0.5, 0.6) is 5.75 Å². The van der Waals surface area contributed by atoms with Crippen molar-refractivity contribution in [2.75, 3.05) is 12.4 Å². The Bertz CT molecular complexity index is 652. The summed E-state index contributed by atoms with van der Waals surface area (Å²) in [4.78, 5) is 16.5. The van der Waals surface area contributed by atoms with Gasteiger partial charge in [0.15, 0.2) is 5.13 Å². The summed E-state index contributed by atoms with van der Waals surface area (Å²) in [6.45, 7) is 0. The normalized spacial score (nSPS) is 14.1. The van der Waals surface area contributed by atoms with Gasteiger partial charge < -0.3 is 4.74 Å². The van der Waals surface area contributed by atoms with Gasteiger partial charge in [-0.25, -0.2) is 9.37 Å². The molecule has 1 amide bonds. The van der Waals surface area contributed by atoms with Gasteiger partial charge in [0.25, 0.3) is 5.91 Å². The lowest BCUT2D eigenvalue weighted by atomic mass is 10.2. The highest BCUT2D eigenvalue weighted by molar-refractivity contribution is 7.14. The van der Waals surface area contributed by atoms with Crippen molar-refractivity contribution in [2.24, 2.45) is 0 Å². The molecular weight excluding hydrogens is 279 g/mol. The van der Waals surface area contributed by atoms with Gasteiger partial charge in [-0.2, -0.15) is 0 Å². The predicted molar refractivity (Wildman–Crippen MR) is 75.0 cm³/mol. The summed E-state index contributed by atoms with van der Waals surface area (Å²) in [6.07, 6.45) is 2.32. The number of halogens is 1. The molecule has 1 fully saturated rings. The molecule has 0 bridgehead atoms. The van der Waals surface area contributed by atoms with Crippen molar-refractivity contribution >= 4 is 22.4 Å². The van der Waals surface area contributed by atoms with Crippen LogP contribution in [-0.4, -0.2) is 18.0 Å². The van der Waals surface area contributed by atoms with E-state index in [1.807, 2.05) is 5.38 Å². The summed E-state index contributed by atoms with van der Waals surface area (Å²) in [5.74, 6) is -0.0183. The summed E-state index contributed by atoms with van der Waals surface area (Å²) < 4.78 is 18.3. The van der Waals surface area contributed by atoms with E-state index in [4.69, 9.17) is 4.74 Å². The van der Waals surface area contributed by atoms with Crippen LogP contribution in [0.3, 0.4) is 0 Å². The lowest BCUT2D eigenvalue weighted by Gasteiger charge is -2.07. The molecule has 1 heterocycles. The van der Waals surface area contributed by atoms with Gasteiger partial charge in [0, 0.05) is 11.3 Å². The van der Waals surface area contributed by atoms with Crippen LogP contribution in [0, 0.1) is 5.82 Å². The van der Waals surface area contributed by atoms with Crippen LogP contribution in [0.2, 0.25) is 0 Å². The Hall–Kier alpha value is -1.95. The van der Waals surface area contributed by atoms with Gasteiger partial charge in [0.05, 0.1) is 18.4 Å². The molecule has 0 unspecified atom stereocenters. The third-order valence-corrected chi connectivity index (χ3v) is 3.92. The Morgan fingerprint density at radius 3 is 3.00 bits per heavy atom. The van der Waals surface area contributed by atoms with Gasteiger partial charge in [0.1, 0.15) is 11.6 Å². The van der Waals surface area contributed by atoms with Crippen molar-refractivity contribution in [1.82, 2.24) is 4.98 Å². The van der Waals surface area contributed by atoms with E-state index >= 15 is 0 Å². The molecule has 0 aliphatic heterocycles. The summed E-state index contributed by atoms with van der Waals surface area (Å²) in [7, 11) is 1.44. The van der Waals surface area contributed by atoms with E-state index in [-0.39, 0.29) is 5.56 Å². The zero-order valence-corrected chi connectivity index (χ0v) is 11.7. The second kappa shape index (κ2) is 5.20. The number of carbonyl (C=O) groups is 1. The molecule has 3 rings (SSSR count). The molecule has 1 aromatic carbocycles. The molecule has 6 heteroatoms. The average Bonchev–Trinajstić information content (AvgIpc) is 3.19. The monoisotopic (exact) mass is 292 g/mol. The van der Waals surface area contributed by atoms with Crippen LogP contribution in [0.1, 0.15) is 34.8 Å². The highest BCUT2D eigenvalue weighted by Gasteiger charge is 2.26. The minimum absolute atomic E-state index is 0.163. The number of aromatic nitrogens is 1. The minimum atomic E-state index is -0.478. The lowest BCUT2D eigenvalue weighted by Crippen LogP contribution is -2.13. The third kappa shape index (κ3) is 2.65. The average molecular weight is 292 g/mol. The van der Waals surface area contributed by atoms with Crippen molar-refractivity contribution in [1.29, 1.82) is 0 Å². The number of rotatable bonds is 4. The molecule has 1 saturated carbocycles. The molecule has 1 aliphatic carbocycles. The van der Waals surface area contributed by atoms with Gasteiger partial charge in [-0.15, -0.1) is 11.3 Å². The summed E-state index contributed by atoms with van der Waals surface area (Å²) in [5.41, 5.74) is 1.19. The maximum atomic E-state index is 13.3. The summed E-state index contributed by atoms with van der Waals surface area (Å²) in [6, 6.07) is 3.84. The van der Waals surface area contributed by atoms with Crippen molar-refractivity contribution in [3.05, 3.63) is 40.7 Å². The van der Waals surface area contributed by atoms with E-state index in [1.54, 1.807) is 0 Å². The first-order valence-electron chi connectivity index (χ1n) is 6.27. The van der Waals surface area contributed by atoms with Crippen LogP contribution in [-0.2, 0) is 0 Å². The van der Waals surface area contributed by atoms with Gasteiger partial charge in [0.2, 0.25) is 0 Å². The van der Waals surface area contributed by atoms with Crippen molar-refractivity contribution in [2.45, 2.75) is 18.8 Å². The first kappa shape index (κ1) is 13.1. The Morgan fingerprint density at radius 1 is 1.50 bits per heavy atom. The number of amides is 1. The van der Waals surface area contributed by atoms with Crippen LogP contribution < -0.4 is 10.1 Å². The molecule has 1 aromatic heterocycles. The fourth-order valence-electron chi connectivity index (χ4n) is 1.93. The first-order valence-corrected chi connectivity index (χ1v) is 7.15. The van der Waals surface area contributed by atoms with Crippen LogP contribution >= 0.6 is 11.3 Å². The molecule has 1 aliphatic rings. The van der Waals surface area contributed by atoms with Crippen LogP contribution in [0.4, 0.5) is 9.52 Å². The number of hydrogen-bond donors (Lipinski definition) is 1. The molecule has 1 N–H and O–H groups in total. The minimum Gasteiger partial charge on any atom is -0.496 e. The molecule has 2 aromatic rings. The van der Waals surface area contributed by atoms with E-state index in [0.717, 1.165) is 24.6 Å². The fourth-order valence-corrected chi connectivity index (χ4v) is 2.72. The first-order chi connectivity index (χ1) is 9.67. The van der Waals surface area contributed by atoms with Gasteiger partial charge in [-0.05, 0) is 31.0 Å². The maximum absolute atomic E-state index is 13.3. The Labute approximate surface area is 119 Å². The number of thiazole rings is 1. The maximum Gasteiger partial charge on any atom is 0.261 e. The third-order valence-electron chi connectivity index (χ3n) is 3.14. The van der Waals surface area contributed by atoms with Crippen LogP contribution in [0.15, 0.2) is 23.6 Å². The summed E-state index contributed by atoms with van der Waals surface area (Å²) >= 11 is 1.38. The lowest BCUT2D eigenvalue weighted by molar-refractivity contribution is 0.102. The second-order valence-corrected chi connectivity index (χ2v) is 5.51. The predicted octanol–water partition coefficient (Wildman–Crippen LogP) is 3.42. The largest absolute Gasteiger partial charge is 0.496 e. The van der Waals surface area contributed by atoms with Crippen molar-refractivity contribution < 1.29 is 13.9 Å². The fraction of sp³-hybridized carbons (Fsp3) is 0.286. The molecular formula is C14H13FN2O2S. The second-order valence-electron chi connectivity index (χ2n) is 4.65. The highest BCUT2D eigenvalue weighted by Crippen LogP contribution is 2.40. The standard InChI is InChI=1S/C14H13FN2O2S/c1-19-12-5-4-9(15)6-10(12)13(18)17-14-16-11(7-20-14)8-2-3-8/h4-8H,2-3H2,1H3,(H,16,17,18). The van der Waals surface area contributed by atoms with E-state index < -0.39 is 11.7 Å². The SMILES string of the molecule is COc1ccc(F)cc1C(=O)Nc1nc(C2CC2)cs1. The van der Waals surface area contributed by atoms with E-state index in [0.29, 0.717) is 16.8 Å². The van der Waals surface area contributed by atoms with E-state index in [2.05, 4.69) is 10.3 Å². The zero-order valence-electron chi connectivity index (χ0n) is 10.9. The quantitative estimate of drug-likeness (QED) is 0.939. The molecule has 20 heavy (non-hydrogen) atoms. The Kier molecular flexibility index (Phi) is 3.40. The van der Waals surface area contributed by atoms with Gasteiger partial charge in [-0.3, -0.25) is 10.1 Å². The van der Waals surface area contributed by atoms with Gasteiger partial charge in [-0.1, -0.05) is 0 Å². The Morgan fingerprint density at radius 2 is 2.30 bits per heavy atom. The number of benzene rings is 1. The molecule has 0 spiro atoms. The number of ether oxygens (including phenoxy) is 1. The number of hydrogen-bond acceptors (Lipinski definition) is 4. The molecule has 0 atom stereocenters. The molecule has 104 valence electrons. The molecule has 0 saturated heterocycles. The summed E-state index contributed by atoms with van der Waals surface area (Å²) in [5, 5.41) is 5.17. The van der Waals surface area contributed by atoms with Gasteiger partial charge >= 0.3 is 0 Å². The van der Waals surface area contributed by atoms with Crippen LogP contribution in [0.25, 0.3) is 0 Å². The number of anilines is 1. The number of carbonyl (C=O) groups excluding carboxylic acids is 1. The smallest absolute Gasteiger partial charge is 0.261 e. The highest BCUT2D eigenvalue weighted by atomic mass is 32.1. The van der Waals surface area contributed by atoms with Crippen molar-refractivity contribution in [3.8, 4) is 5.75 Å². The van der Waals surface area contributed by atoms with E-state index in [1.165, 1.54) is 30.6 Å². The molecule has 4 nitrogen and oxygen atoms in total. The Balaban J connectivity index is 1.79. The topological polar surface area (TPSA) is 51.2 Å². The van der Waals surface area contributed by atoms with Crippen molar-refractivity contribution in [3.63, 3.8) is 0 Å². The number of nitrogens with zero attached hydrogens (tertiary/aromatic N) is 1. The van der Waals surface area contributed by atoms with E-state index in [9.17, 15) is 9.18 Å². The molecule has 0 radical (unpaired) electrons. The zero-order chi connectivity index (χ0) is 14.1. The number of methoxy groups -OCH3 is 1.